The number of hydrogen-bond acceptors (Lipinski definition) is 2. The predicted molar refractivity (Wildman–Crippen MR) is 77.7 cm³/mol. The van der Waals surface area contributed by atoms with Gasteiger partial charge in [0.2, 0.25) is 0 Å². The monoisotopic (exact) mass is 264 g/mol. The van der Waals surface area contributed by atoms with Gasteiger partial charge in [-0.1, -0.05) is 25.1 Å². The van der Waals surface area contributed by atoms with Crippen molar-refractivity contribution >= 4 is 0 Å². The zero-order valence-corrected chi connectivity index (χ0v) is 12.0. The second-order valence-corrected chi connectivity index (χ2v) is 5.72. The van der Waals surface area contributed by atoms with Crippen LogP contribution in [-0.4, -0.2) is 31.1 Å². The van der Waals surface area contributed by atoms with Crippen molar-refractivity contribution in [2.24, 2.45) is 5.92 Å². The van der Waals surface area contributed by atoms with Gasteiger partial charge in [-0.25, -0.2) is 4.39 Å². The van der Waals surface area contributed by atoms with Crippen molar-refractivity contribution in [3.05, 3.63) is 35.6 Å². The number of nitrogens with one attached hydrogen (secondary N) is 1. The Kier molecular flexibility index (Phi) is 5.34. The Morgan fingerprint density at radius 2 is 2.00 bits per heavy atom. The summed E-state index contributed by atoms with van der Waals surface area (Å²) < 4.78 is 13.6. The molecular formula is C16H25FN2. The summed E-state index contributed by atoms with van der Waals surface area (Å²) in [6.45, 7) is 8.75. The second-order valence-electron chi connectivity index (χ2n) is 5.72. The topological polar surface area (TPSA) is 15.3 Å². The lowest BCUT2D eigenvalue weighted by Gasteiger charge is -2.30. The van der Waals surface area contributed by atoms with Gasteiger partial charge < -0.3 is 10.2 Å². The smallest absolute Gasteiger partial charge is 0.127 e. The van der Waals surface area contributed by atoms with E-state index in [0.717, 1.165) is 24.6 Å². The summed E-state index contributed by atoms with van der Waals surface area (Å²) in [5, 5.41) is 3.42. The van der Waals surface area contributed by atoms with Gasteiger partial charge in [-0.2, -0.15) is 0 Å². The molecule has 1 aromatic rings. The van der Waals surface area contributed by atoms with Gasteiger partial charge in [0.15, 0.2) is 0 Å². The van der Waals surface area contributed by atoms with Gasteiger partial charge in [-0.05, 0) is 44.8 Å². The van der Waals surface area contributed by atoms with Crippen LogP contribution in [0.3, 0.4) is 0 Å². The first-order valence-electron chi connectivity index (χ1n) is 7.37. The highest BCUT2D eigenvalue weighted by Gasteiger charge is 2.15. The molecule has 0 bridgehead atoms. The maximum atomic E-state index is 13.6. The molecule has 2 nitrogen and oxygen atoms in total. The van der Waals surface area contributed by atoms with Crippen LogP contribution in [0, 0.1) is 11.7 Å². The lowest BCUT2D eigenvalue weighted by Crippen LogP contribution is -2.38. The largest absolute Gasteiger partial charge is 0.309 e. The minimum atomic E-state index is -0.116. The van der Waals surface area contributed by atoms with Crippen LogP contribution in [0.1, 0.15) is 38.3 Å². The fraction of sp³-hybridized carbons (Fsp3) is 0.625. The molecular weight excluding hydrogens is 239 g/mol. The quantitative estimate of drug-likeness (QED) is 0.878. The number of likely N-dealkylation sites (tertiary alicyclic amines) is 1. The van der Waals surface area contributed by atoms with Crippen LogP contribution in [0.25, 0.3) is 0 Å². The molecule has 3 heteroatoms. The van der Waals surface area contributed by atoms with Crippen molar-refractivity contribution in [2.45, 2.75) is 32.7 Å². The van der Waals surface area contributed by atoms with E-state index in [9.17, 15) is 4.39 Å². The summed E-state index contributed by atoms with van der Waals surface area (Å²) in [4.78, 5) is 2.50. The molecule has 0 aliphatic carbocycles. The molecule has 0 radical (unpaired) electrons. The van der Waals surface area contributed by atoms with Gasteiger partial charge in [-0.3, -0.25) is 0 Å². The van der Waals surface area contributed by atoms with E-state index in [0.29, 0.717) is 0 Å². The summed E-state index contributed by atoms with van der Waals surface area (Å²) in [7, 11) is 0. The third-order valence-electron chi connectivity index (χ3n) is 4.13. The standard InChI is InChI=1S/C16H25FN2/c1-13-7-10-19(11-8-13)12-9-18-14(2)15-5-3-4-6-16(15)17/h3-6,13-14,18H,7-12H2,1-2H3. The van der Waals surface area contributed by atoms with E-state index >= 15 is 0 Å². The first-order chi connectivity index (χ1) is 9.16. The van der Waals surface area contributed by atoms with Crippen molar-refractivity contribution in [1.29, 1.82) is 0 Å². The number of halogens is 1. The van der Waals surface area contributed by atoms with Crippen LogP contribution < -0.4 is 5.32 Å². The molecule has 0 spiro atoms. The number of piperidine rings is 1. The van der Waals surface area contributed by atoms with Crippen molar-refractivity contribution < 1.29 is 4.39 Å². The van der Waals surface area contributed by atoms with E-state index in [1.807, 2.05) is 19.1 Å². The van der Waals surface area contributed by atoms with Crippen LogP contribution in [0.15, 0.2) is 24.3 Å². The minimum Gasteiger partial charge on any atom is -0.309 e. The zero-order valence-electron chi connectivity index (χ0n) is 12.0. The molecule has 0 saturated carbocycles. The number of hydrogen-bond donors (Lipinski definition) is 1. The van der Waals surface area contributed by atoms with Crippen molar-refractivity contribution in [3.63, 3.8) is 0 Å². The van der Waals surface area contributed by atoms with Gasteiger partial charge >= 0.3 is 0 Å². The number of nitrogens with zero attached hydrogens (tertiary/aromatic N) is 1. The first-order valence-corrected chi connectivity index (χ1v) is 7.37. The number of benzene rings is 1. The van der Waals surface area contributed by atoms with E-state index in [1.54, 1.807) is 6.07 Å². The lowest BCUT2D eigenvalue weighted by molar-refractivity contribution is 0.191. The minimum absolute atomic E-state index is 0.0740. The maximum Gasteiger partial charge on any atom is 0.127 e. The molecule has 1 atom stereocenters. The third kappa shape index (κ3) is 4.29. The maximum absolute atomic E-state index is 13.6. The lowest BCUT2D eigenvalue weighted by atomic mass is 9.99. The molecule has 1 aliphatic rings. The molecule has 2 rings (SSSR count). The molecule has 0 aromatic heterocycles. The average molecular weight is 264 g/mol. The van der Waals surface area contributed by atoms with E-state index < -0.39 is 0 Å². The molecule has 1 aliphatic heterocycles. The Morgan fingerprint density at radius 1 is 1.32 bits per heavy atom. The van der Waals surface area contributed by atoms with Gasteiger partial charge in [0.05, 0.1) is 0 Å². The van der Waals surface area contributed by atoms with E-state index in [4.69, 9.17) is 0 Å². The molecule has 1 heterocycles. The molecule has 1 aromatic carbocycles. The Balaban J connectivity index is 1.72. The van der Waals surface area contributed by atoms with Crippen LogP contribution in [0.4, 0.5) is 4.39 Å². The van der Waals surface area contributed by atoms with E-state index in [2.05, 4.69) is 17.1 Å². The highest BCUT2D eigenvalue weighted by molar-refractivity contribution is 5.20. The Bertz CT molecular complexity index is 386. The van der Waals surface area contributed by atoms with Crippen molar-refractivity contribution in [3.8, 4) is 0 Å². The van der Waals surface area contributed by atoms with E-state index in [-0.39, 0.29) is 11.9 Å². The van der Waals surface area contributed by atoms with Crippen LogP contribution in [-0.2, 0) is 0 Å². The average Bonchev–Trinajstić information content (AvgIpc) is 2.41. The SMILES string of the molecule is CC1CCN(CCNC(C)c2ccccc2F)CC1. The first kappa shape index (κ1) is 14.5. The summed E-state index contributed by atoms with van der Waals surface area (Å²) in [5.74, 6) is 0.760. The van der Waals surface area contributed by atoms with Gasteiger partial charge in [0.1, 0.15) is 5.82 Å². The summed E-state index contributed by atoms with van der Waals surface area (Å²) in [6, 6.07) is 7.09. The Morgan fingerprint density at radius 3 is 2.68 bits per heavy atom. The molecule has 1 fully saturated rings. The predicted octanol–water partition coefficient (Wildman–Crippen LogP) is 3.21. The van der Waals surface area contributed by atoms with Crippen molar-refractivity contribution in [1.82, 2.24) is 10.2 Å². The fourth-order valence-corrected chi connectivity index (χ4v) is 2.66. The Labute approximate surface area is 116 Å². The molecule has 0 amide bonds. The van der Waals surface area contributed by atoms with Crippen molar-refractivity contribution in [2.75, 3.05) is 26.2 Å². The van der Waals surface area contributed by atoms with Gasteiger partial charge in [-0.15, -0.1) is 0 Å². The summed E-state index contributed by atoms with van der Waals surface area (Å²) >= 11 is 0. The molecule has 1 N–H and O–H groups in total. The normalized spacial score (nSPS) is 19.5. The molecule has 1 saturated heterocycles. The van der Waals surface area contributed by atoms with Crippen LogP contribution in [0.2, 0.25) is 0 Å². The highest BCUT2D eigenvalue weighted by atomic mass is 19.1. The third-order valence-corrected chi connectivity index (χ3v) is 4.13. The zero-order chi connectivity index (χ0) is 13.7. The van der Waals surface area contributed by atoms with Gasteiger partial charge in [0, 0.05) is 24.7 Å². The van der Waals surface area contributed by atoms with Crippen LogP contribution >= 0.6 is 0 Å². The second kappa shape index (κ2) is 7.01. The highest BCUT2D eigenvalue weighted by Crippen LogP contribution is 2.17. The number of rotatable bonds is 5. The summed E-state index contributed by atoms with van der Waals surface area (Å²) in [5.41, 5.74) is 0.759. The molecule has 19 heavy (non-hydrogen) atoms. The van der Waals surface area contributed by atoms with Crippen LogP contribution in [0.5, 0.6) is 0 Å². The summed E-state index contributed by atoms with van der Waals surface area (Å²) in [6.07, 6.45) is 2.62. The molecule has 1 unspecified atom stereocenters. The van der Waals surface area contributed by atoms with Gasteiger partial charge in [0.25, 0.3) is 0 Å². The molecule has 106 valence electrons. The Hall–Kier alpha value is -0.930. The fourth-order valence-electron chi connectivity index (χ4n) is 2.66. The van der Waals surface area contributed by atoms with E-state index in [1.165, 1.54) is 32.0 Å².